The van der Waals surface area contributed by atoms with Crippen molar-refractivity contribution in [3.05, 3.63) is 64.1 Å². The number of aromatic nitrogens is 3. The van der Waals surface area contributed by atoms with Gasteiger partial charge in [-0.3, -0.25) is 9.36 Å². The van der Waals surface area contributed by atoms with Crippen molar-refractivity contribution < 1.29 is 4.74 Å². The number of nitrogens with zero attached hydrogens (tertiary/aromatic N) is 3. The van der Waals surface area contributed by atoms with Crippen LogP contribution in [-0.2, 0) is 6.54 Å². The Morgan fingerprint density at radius 2 is 1.95 bits per heavy atom. The molecule has 0 N–H and O–H groups in total. The molecule has 0 aliphatic heterocycles. The van der Waals surface area contributed by atoms with Gasteiger partial charge in [0, 0.05) is 6.20 Å². The molecular formula is C17H17N3O2. The van der Waals surface area contributed by atoms with Crippen LogP contribution in [-0.4, -0.2) is 21.1 Å². The van der Waals surface area contributed by atoms with Crippen LogP contribution >= 0.6 is 0 Å². The van der Waals surface area contributed by atoms with Gasteiger partial charge in [-0.1, -0.05) is 29.8 Å². The highest BCUT2D eigenvalue weighted by Gasteiger charge is 2.12. The van der Waals surface area contributed by atoms with Crippen molar-refractivity contribution in [1.82, 2.24) is 14.5 Å². The van der Waals surface area contributed by atoms with Crippen LogP contribution in [0, 0.1) is 6.92 Å². The molecular weight excluding hydrogens is 278 g/mol. The summed E-state index contributed by atoms with van der Waals surface area (Å²) in [5, 5.41) is 0. The monoisotopic (exact) mass is 295 g/mol. The number of fused-ring (bicyclic) bond motifs is 1. The molecule has 2 aromatic heterocycles. The normalized spacial score (nSPS) is 10.8. The Bertz CT molecular complexity index is 854. The van der Waals surface area contributed by atoms with Crippen molar-refractivity contribution in [2.75, 3.05) is 6.61 Å². The highest BCUT2D eigenvalue weighted by Crippen LogP contribution is 2.13. The molecule has 0 aliphatic rings. The maximum Gasteiger partial charge on any atom is 0.315 e. The average molecular weight is 295 g/mol. The summed E-state index contributed by atoms with van der Waals surface area (Å²) in [6.45, 7) is 4.71. The van der Waals surface area contributed by atoms with Crippen molar-refractivity contribution in [1.29, 1.82) is 0 Å². The third-order valence-electron chi connectivity index (χ3n) is 3.41. The minimum atomic E-state index is -0.256. The van der Waals surface area contributed by atoms with E-state index in [-0.39, 0.29) is 11.4 Å². The molecule has 22 heavy (non-hydrogen) atoms. The lowest BCUT2D eigenvalue weighted by molar-refractivity contribution is 0.320. The predicted octanol–water partition coefficient (Wildman–Crippen LogP) is 2.55. The van der Waals surface area contributed by atoms with Gasteiger partial charge in [-0.25, -0.2) is 9.97 Å². The van der Waals surface area contributed by atoms with Crippen molar-refractivity contribution in [3.63, 3.8) is 0 Å². The number of rotatable bonds is 4. The van der Waals surface area contributed by atoms with E-state index < -0.39 is 0 Å². The highest BCUT2D eigenvalue weighted by atomic mass is 16.5. The Labute approximate surface area is 128 Å². The number of hydrogen-bond acceptors (Lipinski definition) is 4. The minimum Gasteiger partial charge on any atom is -0.474 e. The second-order valence-electron chi connectivity index (χ2n) is 5.07. The van der Waals surface area contributed by atoms with Crippen molar-refractivity contribution in [2.45, 2.75) is 20.4 Å². The molecule has 0 saturated heterocycles. The lowest BCUT2D eigenvalue weighted by Crippen LogP contribution is -2.25. The fourth-order valence-electron chi connectivity index (χ4n) is 2.31. The van der Waals surface area contributed by atoms with Crippen LogP contribution in [0.1, 0.15) is 18.1 Å². The first-order chi connectivity index (χ1) is 10.7. The molecule has 1 aromatic carbocycles. The van der Waals surface area contributed by atoms with E-state index >= 15 is 0 Å². The summed E-state index contributed by atoms with van der Waals surface area (Å²) in [6.07, 6.45) is 1.66. The molecule has 0 aliphatic carbocycles. The smallest absolute Gasteiger partial charge is 0.315 e. The summed E-state index contributed by atoms with van der Waals surface area (Å²) >= 11 is 0. The van der Waals surface area contributed by atoms with E-state index in [0.717, 1.165) is 5.56 Å². The van der Waals surface area contributed by atoms with E-state index in [2.05, 4.69) is 9.97 Å². The summed E-state index contributed by atoms with van der Waals surface area (Å²) in [5.74, 6) is 0.120. The molecule has 0 fully saturated rings. The Morgan fingerprint density at radius 1 is 1.18 bits per heavy atom. The Balaban J connectivity index is 2.15. The maximum absolute atomic E-state index is 12.6. The van der Waals surface area contributed by atoms with Crippen molar-refractivity contribution >= 4 is 11.2 Å². The van der Waals surface area contributed by atoms with E-state index in [4.69, 9.17) is 4.74 Å². The molecule has 0 saturated carbocycles. The Morgan fingerprint density at radius 3 is 2.68 bits per heavy atom. The van der Waals surface area contributed by atoms with Gasteiger partial charge in [0.05, 0.1) is 13.2 Å². The van der Waals surface area contributed by atoms with Gasteiger partial charge < -0.3 is 4.74 Å². The van der Waals surface area contributed by atoms with Gasteiger partial charge in [-0.2, -0.15) is 0 Å². The first-order valence-corrected chi connectivity index (χ1v) is 7.23. The first-order valence-electron chi connectivity index (χ1n) is 7.23. The van der Waals surface area contributed by atoms with Gasteiger partial charge in [-0.15, -0.1) is 0 Å². The van der Waals surface area contributed by atoms with Crippen LogP contribution in [0.25, 0.3) is 11.2 Å². The molecule has 0 unspecified atom stereocenters. The van der Waals surface area contributed by atoms with E-state index in [1.54, 1.807) is 16.8 Å². The van der Waals surface area contributed by atoms with E-state index in [0.29, 0.717) is 24.3 Å². The van der Waals surface area contributed by atoms with Gasteiger partial charge >= 0.3 is 5.56 Å². The van der Waals surface area contributed by atoms with E-state index in [1.807, 2.05) is 44.2 Å². The molecule has 0 spiro atoms. The molecule has 5 nitrogen and oxygen atoms in total. The number of benzene rings is 1. The zero-order chi connectivity index (χ0) is 15.5. The van der Waals surface area contributed by atoms with Gasteiger partial charge in [0.1, 0.15) is 5.52 Å². The molecule has 112 valence electrons. The standard InChI is InChI=1S/C17H17N3O2/c1-3-22-16-17(21)20(11-13-8-6-12(2)7-9-13)15-14(19-16)5-4-10-18-15/h4-10H,3,11H2,1-2H3. The van der Waals surface area contributed by atoms with Crippen LogP contribution in [0.5, 0.6) is 5.88 Å². The third-order valence-corrected chi connectivity index (χ3v) is 3.41. The molecule has 0 radical (unpaired) electrons. The predicted molar refractivity (Wildman–Crippen MR) is 85.2 cm³/mol. The lowest BCUT2D eigenvalue weighted by Gasteiger charge is -2.11. The summed E-state index contributed by atoms with van der Waals surface area (Å²) in [4.78, 5) is 21.1. The SMILES string of the molecule is CCOc1nc2cccnc2n(Cc2ccc(C)cc2)c1=O. The van der Waals surface area contributed by atoms with Crippen LogP contribution in [0.4, 0.5) is 0 Å². The lowest BCUT2D eigenvalue weighted by atomic mass is 10.1. The Hall–Kier alpha value is -2.69. The fourth-order valence-corrected chi connectivity index (χ4v) is 2.31. The average Bonchev–Trinajstić information content (AvgIpc) is 2.53. The van der Waals surface area contributed by atoms with Crippen molar-refractivity contribution in [3.8, 4) is 5.88 Å². The summed E-state index contributed by atoms with van der Waals surface area (Å²) in [7, 11) is 0. The maximum atomic E-state index is 12.6. The summed E-state index contributed by atoms with van der Waals surface area (Å²) < 4.78 is 6.98. The van der Waals surface area contributed by atoms with Gasteiger partial charge in [0.2, 0.25) is 0 Å². The van der Waals surface area contributed by atoms with Gasteiger partial charge in [-0.05, 0) is 31.5 Å². The van der Waals surface area contributed by atoms with Crippen LogP contribution in [0.15, 0.2) is 47.4 Å². The van der Waals surface area contributed by atoms with E-state index in [9.17, 15) is 4.79 Å². The number of ether oxygens (including phenoxy) is 1. The molecule has 0 atom stereocenters. The van der Waals surface area contributed by atoms with Crippen LogP contribution < -0.4 is 10.3 Å². The molecule has 2 heterocycles. The topological polar surface area (TPSA) is 57.0 Å². The van der Waals surface area contributed by atoms with Gasteiger partial charge in [0.25, 0.3) is 5.88 Å². The van der Waals surface area contributed by atoms with Gasteiger partial charge in [0.15, 0.2) is 5.65 Å². The van der Waals surface area contributed by atoms with Crippen LogP contribution in [0.3, 0.4) is 0 Å². The number of hydrogen-bond donors (Lipinski definition) is 0. The fraction of sp³-hybridized carbons (Fsp3) is 0.235. The van der Waals surface area contributed by atoms with Crippen LogP contribution in [0.2, 0.25) is 0 Å². The molecule has 0 amide bonds. The van der Waals surface area contributed by atoms with E-state index in [1.165, 1.54) is 5.56 Å². The quantitative estimate of drug-likeness (QED) is 0.742. The largest absolute Gasteiger partial charge is 0.474 e. The zero-order valence-electron chi connectivity index (χ0n) is 12.6. The third kappa shape index (κ3) is 2.70. The minimum absolute atomic E-state index is 0.120. The first kappa shape index (κ1) is 14.3. The zero-order valence-corrected chi connectivity index (χ0v) is 12.6. The Kier molecular flexibility index (Phi) is 3.87. The molecule has 3 aromatic rings. The van der Waals surface area contributed by atoms with Crippen molar-refractivity contribution in [2.24, 2.45) is 0 Å². The molecule has 5 heteroatoms. The number of aryl methyl sites for hydroxylation is 1. The highest BCUT2D eigenvalue weighted by molar-refractivity contribution is 5.70. The second-order valence-corrected chi connectivity index (χ2v) is 5.07. The summed E-state index contributed by atoms with van der Waals surface area (Å²) in [5.41, 5.74) is 3.18. The summed E-state index contributed by atoms with van der Waals surface area (Å²) in [6, 6.07) is 11.7. The number of pyridine rings is 1. The molecule has 3 rings (SSSR count). The second kappa shape index (κ2) is 5.97. The molecule has 0 bridgehead atoms.